The summed E-state index contributed by atoms with van der Waals surface area (Å²) < 4.78 is 5.26. The number of nitro groups is 1. The van der Waals surface area contributed by atoms with Gasteiger partial charge in [-0.15, -0.1) is 0 Å². The maximum Gasteiger partial charge on any atom is 0.329 e. The van der Waals surface area contributed by atoms with Gasteiger partial charge in [-0.3, -0.25) is 10.1 Å². The lowest BCUT2D eigenvalue weighted by atomic mass is 10.1. The molecule has 8 heteroatoms. The fourth-order valence-corrected chi connectivity index (χ4v) is 2.14. The van der Waals surface area contributed by atoms with Gasteiger partial charge in [0.2, 0.25) is 11.1 Å². The van der Waals surface area contributed by atoms with Gasteiger partial charge < -0.3 is 9.64 Å². The molecule has 1 fully saturated rings. The number of nitrogens with zero attached hydrogens (tertiary/aromatic N) is 4. The van der Waals surface area contributed by atoms with Crippen molar-refractivity contribution in [1.29, 1.82) is 0 Å². The maximum absolute atomic E-state index is 10.9. The van der Waals surface area contributed by atoms with E-state index >= 15 is 0 Å². The van der Waals surface area contributed by atoms with Gasteiger partial charge in [0.25, 0.3) is 0 Å². The Morgan fingerprint density at radius 1 is 1.56 bits per heavy atom. The van der Waals surface area contributed by atoms with E-state index in [1.54, 1.807) is 7.11 Å². The van der Waals surface area contributed by atoms with Gasteiger partial charge in [-0.1, -0.05) is 0 Å². The quantitative estimate of drug-likeness (QED) is 0.473. The van der Waals surface area contributed by atoms with Crippen molar-refractivity contribution in [3.05, 3.63) is 21.6 Å². The van der Waals surface area contributed by atoms with E-state index in [4.69, 9.17) is 16.3 Å². The van der Waals surface area contributed by atoms with Crippen LogP contribution >= 0.6 is 11.6 Å². The first-order chi connectivity index (χ1) is 8.61. The van der Waals surface area contributed by atoms with Gasteiger partial charge in [0, 0.05) is 20.2 Å². The third kappa shape index (κ3) is 2.68. The van der Waals surface area contributed by atoms with Crippen molar-refractivity contribution in [2.75, 3.05) is 25.1 Å². The van der Waals surface area contributed by atoms with Crippen molar-refractivity contribution in [2.24, 2.45) is 0 Å². The number of piperidine rings is 1. The standard InChI is InChI=1S/C10H13ClN4O3/c1-18-7-2-4-14(5-3-7)9-8(15(16)17)6-12-10(11)13-9/h6-7H,2-5H2,1H3. The summed E-state index contributed by atoms with van der Waals surface area (Å²) in [5, 5.41) is 10.9. The monoisotopic (exact) mass is 272 g/mol. The Kier molecular flexibility index (Phi) is 3.93. The molecule has 2 heterocycles. The minimum atomic E-state index is -0.492. The van der Waals surface area contributed by atoms with E-state index in [2.05, 4.69) is 9.97 Å². The molecule has 1 aliphatic heterocycles. The second-order valence-corrected chi connectivity index (χ2v) is 4.37. The molecule has 98 valence electrons. The SMILES string of the molecule is COC1CCN(c2nc(Cl)ncc2[N+](=O)[O-])CC1. The van der Waals surface area contributed by atoms with Gasteiger partial charge in [0.1, 0.15) is 6.20 Å². The summed E-state index contributed by atoms with van der Waals surface area (Å²) in [7, 11) is 1.67. The lowest BCUT2D eigenvalue weighted by molar-refractivity contribution is -0.384. The van der Waals surface area contributed by atoms with E-state index in [-0.39, 0.29) is 22.9 Å². The van der Waals surface area contributed by atoms with Crippen molar-refractivity contribution in [2.45, 2.75) is 18.9 Å². The molecule has 0 radical (unpaired) electrons. The average molecular weight is 273 g/mol. The number of rotatable bonds is 3. The number of aromatic nitrogens is 2. The van der Waals surface area contributed by atoms with Crippen LogP contribution in [0.1, 0.15) is 12.8 Å². The molecule has 0 aliphatic carbocycles. The molecule has 0 atom stereocenters. The van der Waals surface area contributed by atoms with E-state index in [0.717, 1.165) is 19.0 Å². The van der Waals surface area contributed by atoms with Crippen LogP contribution in [0.2, 0.25) is 5.28 Å². The van der Waals surface area contributed by atoms with Gasteiger partial charge in [0.05, 0.1) is 11.0 Å². The summed E-state index contributed by atoms with van der Waals surface area (Å²) in [5.41, 5.74) is -0.115. The second-order valence-electron chi connectivity index (χ2n) is 4.03. The lowest BCUT2D eigenvalue weighted by Crippen LogP contribution is -2.37. The van der Waals surface area contributed by atoms with E-state index in [1.165, 1.54) is 0 Å². The highest BCUT2D eigenvalue weighted by molar-refractivity contribution is 6.28. The topological polar surface area (TPSA) is 81.4 Å². The maximum atomic E-state index is 10.9. The molecule has 0 spiro atoms. The van der Waals surface area contributed by atoms with Crippen LogP contribution in [0.5, 0.6) is 0 Å². The largest absolute Gasteiger partial charge is 0.381 e. The zero-order chi connectivity index (χ0) is 13.1. The molecule has 0 bridgehead atoms. The molecule has 0 amide bonds. The summed E-state index contributed by atoms with van der Waals surface area (Å²) >= 11 is 5.70. The Bertz CT molecular complexity index is 449. The lowest BCUT2D eigenvalue weighted by Gasteiger charge is -2.31. The predicted molar refractivity (Wildman–Crippen MR) is 65.9 cm³/mol. The molecular formula is C10H13ClN4O3. The first-order valence-corrected chi connectivity index (χ1v) is 5.94. The molecule has 1 aromatic rings. The van der Waals surface area contributed by atoms with E-state index in [0.29, 0.717) is 13.1 Å². The summed E-state index contributed by atoms with van der Waals surface area (Å²) in [4.78, 5) is 19.9. The molecule has 1 saturated heterocycles. The number of halogens is 1. The van der Waals surface area contributed by atoms with Crippen molar-refractivity contribution in [3.8, 4) is 0 Å². The van der Waals surface area contributed by atoms with Gasteiger partial charge >= 0.3 is 5.69 Å². The summed E-state index contributed by atoms with van der Waals surface area (Å²) in [5.74, 6) is 0.287. The summed E-state index contributed by atoms with van der Waals surface area (Å²) in [6.07, 6.45) is 2.98. The van der Waals surface area contributed by atoms with Crippen LogP contribution < -0.4 is 4.90 Å². The van der Waals surface area contributed by atoms with Crippen molar-refractivity contribution >= 4 is 23.1 Å². The normalized spacial score (nSPS) is 16.9. The minimum absolute atomic E-state index is 0.0180. The number of hydrogen-bond acceptors (Lipinski definition) is 6. The number of ether oxygens (including phenoxy) is 1. The van der Waals surface area contributed by atoms with Crippen LogP contribution in [-0.2, 0) is 4.74 Å². The fourth-order valence-electron chi connectivity index (χ4n) is 2.01. The summed E-state index contributed by atoms with van der Waals surface area (Å²) in [6, 6.07) is 0. The third-order valence-corrected chi connectivity index (χ3v) is 3.17. The van der Waals surface area contributed by atoms with Crippen LogP contribution in [-0.4, -0.2) is 41.2 Å². The Morgan fingerprint density at radius 2 is 2.22 bits per heavy atom. The molecule has 1 aliphatic rings. The van der Waals surface area contributed by atoms with Crippen molar-refractivity contribution in [1.82, 2.24) is 9.97 Å². The average Bonchev–Trinajstić information content (AvgIpc) is 2.38. The first kappa shape index (κ1) is 13.0. The Balaban J connectivity index is 2.22. The van der Waals surface area contributed by atoms with E-state index in [1.807, 2.05) is 4.90 Å². The number of hydrogen-bond donors (Lipinski definition) is 0. The van der Waals surface area contributed by atoms with Gasteiger partial charge in [-0.25, -0.2) is 4.98 Å². The number of anilines is 1. The molecule has 2 rings (SSSR count). The summed E-state index contributed by atoms with van der Waals surface area (Å²) in [6.45, 7) is 1.32. The Labute approximate surface area is 109 Å². The number of methoxy groups -OCH3 is 1. The molecule has 7 nitrogen and oxygen atoms in total. The first-order valence-electron chi connectivity index (χ1n) is 5.56. The highest BCUT2D eigenvalue weighted by Crippen LogP contribution is 2.28. The van der Waals surface area contributed by atoms with Crippen LogP contribution in [0.25, 0.3) is 0 Å². The van der Waals surface area contributed by atoms with Gasteiger partial charge in [-0.2, -0.15) is 4.98 Å². The Hall–Kier alpha value is -1.47. The van der Waals surface area contributed by atoms with Gasteiger partial charge in [-0.05, 0) is 24.4 Å². The molecule has 18 heavy (non-hydrogen) atoms. The van der Waals surface area contributed by atoms with Crippen LogP contribution in [0, 0.1) is 10.1 Å². The fraction of sp³-hybridized carbons (Fsp3) is 0.600. The molecule has 0 aromatic carbocycles. The molecule has 0 saturated carbocycles. The molecule has 0 unspecified atom stereocenters. The van der Waals surface area contributed by atoms with Crippen molar-refractivity contribution in [3.63, 3.8) is 0 Å². The second kappa shape index (κ2) is 5.45. The zero-order valence-electron chi connectivity index (χ0n) is 9.87. The minimum Gasteiger partial charge on any atom is -0.381 e. The predicted octanol–water partition coefficient (Wildman–Crippen LogP) is 1.65. The molecule has 0 N–H and O–H groups in total. The molecule has 1 aromatic heterocycles. The zero-order valence-corrected chi connectivity index (χ0v) is 10.6. The third-order valence-electron chi connectivity index (χ3n) is 2.99. The highest BCUT2D eigenvalue weighted by atomic mass is 35.5. The van der Waals surface area contributed by atoms with E-state index < -0.39 is 4.92 Å². The Morgan fingerprint density at radius 3 is 2.78 bits per heavy atom. The van der Waals surface area contributed by atoms with Crippen LogP contribution in [0.4, 0.5) is 11.5 Å². The molecular weight excluding hydrogens is 260 g/mol. The highest BCUT2D eigenvalue weighted by Gasteiger charge is 2.26. The van der Waals surface area contributed by atoms with Crippen LogP contribution in [0.3, 0.4) is 0 Å². The van der Waals surface area contributed by atoms with E-state index in [9.17, 15) is 10.1 Å². The van der Waals surface area contributed by atoms with Crippen LogP contribution in [0.15, 0.2) is 6.20 Å². The smallest absolute Gasteiger partial charge is 0.329 e. The van der Waals surface area contributed by atoms with Gasteiger partial charge in [0.15, 0.2) is 0 Å². The van der Waals surface area contributed by atoms with Crippen molar-refractivity contribution < 1.29 is 9.66 Å².